The van der Waals surface area contributed by atoms with Crippen molar-refractivity contribution in [3.05, 3.63) is 21.0 Å². The zero-order valence-electron chi connectivity index (χ0n) is 9.37. The Balaban J connectivity index is 2.73. The van der Waals surface area contributed by atoms with Crippen molar-refractivity contribution in [3.63, 3.8) is 0 Å². The smallest absolute Gasteiger partial charge is 0.183 e. The summed E-state index contributed by atoms with van der Waals surface area (Å²) in [7, 11) is 3.69. The molecule has 0 aliphatic rings. The summed E-state index contributed by atoms with van der Waals surface area (Å²) in [6.07, 6.45) is 0. The van der Waals surface area contributed by atoms with Crippen LogP contribution in [0, 0.1) is 0 Å². The molecule has 0 fully saturated rings. The first kappa shape index (κ1) is 14.2. The van der Waals surface area contributed by atoms with Crippen LogP contribution in [0.25, 0.3) is 0 Å². The van der Waals surface area contributed by atoms with E-state index in [1.807, 2.05) is 13.1 Å². The van der Waals surface area contributed by atoms with Gasteiger partial charge in [0, 0.05) is 20.2 Å². The summed E-state index contributed by atoms with van der Waals surface area (Å²) in [5.41, 5.74) is 5.76. The van der Waals surface area contributed by atoms with Gasteiger partial charge in [-0.25, -0.2) is 0 Å². The van der Waals surface area contributed by atoms with Crippen molar-refractivity contribution in [3.8, 4) is 0 Å². The van der Waals surface area contributed by atoms with Crippen LogP contribution in [0.5, 0.6) is 0 Å². The number of methoxy groups -OCH3 is 1. The second-order valence-corrected chi connectivity index (χ2v) is 5.07. The molecule has 0 aliphatic carbocycles. The molecule has 1 rings (SSSR count). The molecule has 0 aliphatic heterocycles. The Hall–Kier alpha value is 0.120. The van der Waals surface area contributed by atoms with Crippen molar-refractivity contribution in [2.24, 2.45) is 5.73 Å². The highest BCUT2D eigenvalue weighted by molar-refractivity contribution is 9.13. The lowest BCUT2D eigenvalue weighted by molar-refractivity contribution is 0.132. The van der Waals surface area contributed by atoms with Crippen LogP contribution in [0.3, 0.4) is 0 Å². The molecule has 1 aromatic rings. The first-order chi connectivity index (χ1) is 7.60. The van der Waals surface area contributed by atoms with Gasteiger partial charge in [0.05, 0.1) is 17.1 Å². The van der Waals surface area contributed by atoms with Gasteiger partial charge < -0.3 is 14.9 Å². The number of nitrogens with two attached hydrogens (primary N) is 1. The molecule has 0 spiro atoms. The minimum atomic E-state index is 0.0674. The number of halogens is 2. The monoisotopic (exact) mass is 354 g/mol. The number of nitrogens with zero attached hydrogens (tertiary/aromatic N) is 1. The SMILES string of the molecule is COCCN(C)C(CN)c1cc(Br)c(Br)o1. The maximum absolute atomic E-state index is 5.76. The minimum absolute atomic E-state index is 0.0674. The molecular formula is C10H16Br2N2O2. The molecule has 1 atom stereocenters. The van der Waals surface area contributed by atoms with Crippen LogP contribution in [0.15, 0.2) is 19.6 Å². The minimum Gasteiger partial charge on any atom is -0.451 e. The lowest BCUT2D eigenvalue weighted by Crippen LogP contribution is -2.32. The topological polar surface area (TPSA) is 51.6 Å². The Bertz CT molecular complexity index is 311. The Labute approximate surface area is 112 Å². The van der Waals surface area contributed by atoms with Crippen molar-refractivity contribution in [1.82, 2.24) is 4.90 Å². The predicted molar refractivity (Wildman–Crippen MR) is 70.4 cm³/mol. The predicted octanol–water partition coefficient (Wildman–Crippen LogP) is 2.38. The van der Waals surface area contributed by atoms with Gasteiger partial charge in [-0.3, -0.25) is 4.90 Å². The van der Waals surface area contributed by atoms with Crippen LogP contribution in [-0.2, 0) is 4.74 Å². The molecule has 0 saturated carbocycles. The lowest BCUT2D eigenvalue weighted by atomic mass is 10.2. The molecule has 92 valence electrons. The van der Waals surface area contributed by atoms with E-state index in [0.29, 0.717) is 17.8 Å². The van der Waals surface area contributed by atoms with E-state index in [2.05, 4.69) is 36.8 Å². The summed E-state index contributed by atoms with van der Waals surface area (Å²) in [4.78, 5) is 2.11. The van der Waals surface area contributed by atoms with Crippen LogP contribution in [0.4, 0.5) is 0 Å². The zero-order chi connectivity index (χ0) is 12.1. The van der Waals surface area contributed by atoms with Crippen LogP contribution in [0.1, 0.15) is 11.8 Å². The van der Waals surface area contributed by atoms with Gasteiger partial charge in [-0.15, -0.1) is 0 Å². The number of furan rings is 1. The molecule has 1 aromatic heterocycles. The molecule has 6 heteroatoms. The van der Waals surface area contributed by atoms with E-state index in [-0.39, 0.29) is 6.04 Å². The normalized spacial score (nSPS) is 13.4. The van der Waals surface area contributed by atoms with Crippen LogP contribution in [-0.4, -0.2) is 38.8 Å². The van der Waals surface area contributed by atoms with E-state index >= 15 is 0 Å². The first-order valence-corrected chi connectivity index (χ1v) is 6.52. The van der Waals surface area contributed by atoms with Crippen molar-refractivity contribution < 1.29 is 9.15 Å². The van der Waals surface area contributed by atoms with Crippen molar-refractivity contribution in [1.29, 1.82) is 0 Å². The van der Waals surface area contributed by atoms with Gasteiger partial charge in [0.1, 0.15) is 5.76 Å². The first-order valence-electron chi connectivity index (χ1n) is 4.94. The average Bonchev–Trinajstić information content (AvgIpc) is 2.57. The van der Waals surface area contributed by atoms with Gasteiger partial charge in [-0.05, 0) is 45.0 Å². The highest BCUT2D eigenvalue weighted by atomic mass is 79.9. The van der Waals surface area contributed by atoms with E-state index in [4.69, 9.17) is 14.9 Å². The second-order valence-electron chi connectivity index (χ2n) is 3.50. The van der Waals surface area contributed by atoms with Gasteiger partial charge in [-0.2, -0.15) is 0 Å². The molecule has 1 unspecified atom stereocenters. The summed E-state index contributed by atoms with van der Waals surface area (Å²) in [5, 5.41) is 0. The van der Waals surface area contributed by atoms with Gasteiger partial charge in [0.15, 0.2) is 4.67 Å². The maximum atomic E-state index is 5.76. The molecule has 0 aromatic carbocycles. The number of hydrogen-bond acceptors (Lipinski definition) is 4. The summed E-state index contributed by atoms with van der Waals surface area (Å²) < 4.78 is 12.2. The molecule has 2 N–H and O–H groups in total. The highest BCUT2D eigenvalue weighted by Crippen LogP contribution is 2.31. The van der Waals surface area contributed by atoms with Gasteiger partial charge in [0.2, 0.25) is 0 Å². The molecule has 0 saturated heterocycles. The molecule has 0 bridgehead atoms. The lowest BCUT2D eigenvalue weighted by Gasteiger charge is -2.24. The summed E-state index contributed by atoms with van der Waals surface area (Å²) in [6.45, 7) is 2.00. The van der Waals surface area contributed by atoms with Gasteiger partial charge in [0.25, 0.3) is 0 Å². The number of ether oxygens (including phenoxy) is 1. The average molecular weight is 356 g/mol. The van der Waals surface area contributed by atoms with E-state index < -0.39 is 0 Å². The standard InChI is InChI=1S/C10H16Br2N2O2/c1-14(3-4-15-2)8(6-13)9-5-7(11)10(12)16-9/h5,8H,3-4,6,13H2,1-2H3. The summed E-state index contributed by atoms with van der Waals surface area (Å²) >= 11 is 6.71. The van der Waals surface area contributed by atoms with Crippen molar-refractivity contribution in [2.45, 2.75) is 6.04 Å². The van der Waals surface area contributed by atoms with Crippen LogP contribution < -0.4 is 5.73 Å². The van der Waals surface area contributed by atoms with E-state index in [0.717, 1.165) is 16.8 Å². The largest absolute Gasteiger partial charge is 0.451 e. The Kier molecular flexibility index (Phi) is 5.99. The van der Waals surface area contributed by atoms with E-state index in [9.17, 15) is 0 Å². The number of likely N-dealkylation sites (N-methyl/N-ethyl adjacent to an activating group) is 1. The third kappa shape index (κ3) is 3.56. The summed E-state index contributed by atoms with van der Waals surface area (Å²) in [5.74, 6) is 0.847. The fourth-order valence-electron chi connectivity index (χ4n) is 1.43. The fourth-order valence-corrected chi connectivity index (χ4v) is 2.04. The van der Waals surface area contributed by atoms with Gasteiger partial charge in [-0.1, -0.05) is 0 Å². The number of hydrogen-bond donors (Lipinski definition) is 1. The molecule has 0 amide bonds. The molecule has 4 nitrogen and oxygen atoms in total. The van der Waals surface area contributed by atoms with E-state index in [1.54, 1.807) is 7.11 Å². The third-order valence-corrected chi connectivity index (χ3v) is 4.11. The quantitative estimate of drug-likeness (QED) is 0.851. The zero-order valence-corrected chi connectivity index (χ0v) is 12.5. The molecule has 16 heavy (non-hydrogen) atoms. The number of rotatable bonds is 6. The third-order valence-electron chi connectivity index (χ3n) is 2.40. The van der Waals surface area contributed by atoms with E-state index in [1.165, 1.54) is 0 Å². The van der Waals surface area contributed by atoms with Crippen molar-refractivity contribution in [2.75, 3.05) is 33.9 Å². The molecule has 0 radical (unpaired) electrons. The maximum Gasteiger partial charge on any atom is 0.183 e. The van der Waals surface area contributed by atoms with Gasteiger partial charge >= 0.3 is 0 Å². The Morgan fingerprint density at radius 1 is 1.56 bits per heavy atom. The van der Waals surface area contributed by atoms with Crippen molar-refractivity contribution >= 4 is 31.9 Å². The Morgan fingerprint density at radius 2 is 2.25 bits per heavy atom. The highest BCUT2D eigenvalue weighted by Gasteiger charge is 2.20. The van der Waals surface area contributed by atoms with Crippen LogP contribution >= 0.6 is 31.9 Å². The Morgan fingerprint density at radius 3 is 2.69 bits per heavy atom. The molecule has 1 heterocycles. The second kappa shape index (κ2) is 6.76. The molecular weight excluding hydrogens is 340 g/mol. The fraction of sp³-hybridized carbons (Fsp3) is 0.600. The summed E-state index contributed by atoms with van der Waals surface area (Å²) in [6, 6.07) is 2.00. The van der Waals surface area contributed by atoms with Crippen LogP contribution in [0.2, 0.25) is 0 Å².